The molecule has 21 heavy (non-hydrogen) atoms. The van der Waals surface area contributed by atoms with Gasteiger partial charge in [-0.1, -0.05) is 17.7 Å². The maximum Gasteiger partial charge on any atom is 0.267 e. The molecule has 1 aromatic heterocycles. The molecule has 2 aromatic rings. The minimum absolute atomic E-state index is 0.272. The third kappa shape index (κ3) is 3.74. The van der Waals surface area contributed by atoms with Crippen molar-refractivity contribution in [1.29, 1.82) is 0 Å². The molecule has 0 amide bonds. The van der Waals surface area contributed by atoms with E-state index in [-0.39, 0.29) is 4.90 Å². The second-order valence-corrected chi connectivity index (χ2v) is 7.74. The summed E-state index contributed by atoms with van der Waals surface area (Å²) in [5.74, 6) is 0. The number of rotatable bonds is 5. The Bertz CT molecular complexity index is 707. The molecule has 4 nitrogen and oxygen atoms in total. The van der Waals surface area contributed by atoms with Crippen LogP contribution in [0.15, 0.2) is 47.5 Å². The monoisotopic (exact) mass is 307 g/mol. The van der Waals surface area contributed by atoms with Crippen LogP contribution in [0.2, 0.25) is 0 Å². The van der Waals surface area contributed by atoms with E-state index < -0.39 is 15.6 Å². The molecule has 0 radical (unpaired) electrons. The quantitative estimate of drug-likeness (QED) is 0.924. The van der Waals surface area contributed by atoms with Crippen molar-refractivity contribution in [3.63, 3.8) is 0 Å². The molecule has 1 N–H and O–H groups in total. The average Bonchev–Trinajstić information content (AvgIpc) is 2.85. The summed E-state index contributed by atoms with van der Waals surface area (Å²) in [6.45, 7) is 5.35. The van der Waals surface area contributed by atoms with Gasteiger partial charge < -0.3 is 5.11 Å². The van der Waals surface area contributed by atoms with E-state index in [1.165, 1.54) is 3.97 Å². The first-order valence-corrected chi connectivity index (χ1v) is 8.35. The van der Waals surface area contributed by atoms with Gasteiger partial charge >= 0.3 is 0 Å². The van der Waals surface area contributed by atoms with E-state index >= 15 is 0 Å². The third-order valence-electron chi connectivity index (χ3n) is 3.36. The zero-order valence-corrected chi connectivity index (χ0v) is 13.4. The van der Waals surface area contributed by atoms with Crippen molar-refractivity contribution in [2.45, 2.75) is 44.1 Å². The molecule has 0 aliphatic carbocycles. The van der Waals surface area contributed by atoms with Crippen molar-refractivity contribution in [3.8, 4) is 0 Å². The summed E-state index contributed by atoms with van der Waals surface area (Å²) < 4.78 is 26.6. The van der Waals surface area contributed by atoms with Crippen molar-refractivity contribution in [2.75, 3.05) is 0 Å². The first-order valence-electron chi connectivity index (χ1n) is 6.91. The van der Waals surface area contributed by atoms with Crippen molar-refractivity contribution < 1.29 is 13.5 Å². The maximum atomic E-state index is 12.7. The molecule has 114 valence electrons. The van der Waals surface area contributed by atoms with Crippen LogP contribution in [-0.4, -0.2) is 23.1 Å². The fourth-order valence-electron chi connectivity index (χ4n) is 2.09. The highest BCUT2D eigenvalue weighted by molar-refractivity contribution is 7.90. The van der Waals surface area contributed by atoms with Gasteiger partial charge in [-0.25, -0.2) is 12.4 Å². The molecule has 0 unspecified atom stereocenters. The van der Waals surface area contributed by atoms with E-state index in [4.69, 9.17) is 0 Å². The lowest BCUT2D eigenvalue weighted by Gasteiger charge is -2.17. The normalized spacial score (nSPS) is 12.6. The van der Waals surface area contributed by atoms with E-state index in [9.17, 15) is 13.5 Å². The fourth-order valence-corrected chi connectivity index (χ4v) is 3.49. The van der Waals surface area contributed by atoms with Crippen LogP contribution in [0.1, 0.15) is 31.5 Å². The lowest BCUT2D eigenvalue weighted by molar-refractivity contribution is 0.0710. The second-order valence-electron chi connectivity index (χ2n) is 5.93. The van der Waals surface area contributed by atoms with Crippen molar-refractivity contribution >= 4 is 10.0 Å². The van der Waals surface area contributed by atoms with Gasteiger partial charge in [0.25, 0.3) is 10.0 Å². The number of aromatic nitrogens is 1. The predicted octanol–water partition coefficient (Wildman–Crippen LogP) is 2.74. The van der Waals surface area contributed by atoms with Crippen LogP contribution in [0.4, 0.5) is 0 Å². The summed E-state index contributed by atoms with van der Waals surface area (Å²) >= 11 is 0. The zero-order valence-electron chi connectivity index (χ0n) is 12.6. The summed E-state index contributed by atoms with van der Waals surface area (Å²) in [6, 6.07) is 10.3. The average molecular weight is 307 g/mol. The zero-order chi connectivity index (χ0) is 15.7. The molecule has 1 aromatic carbocycles. The Morgan fingerprint density at radius 2 is 1.76 bits per heavy atom. The van der Waals surface area contributed by atoms with Crippen LogP contribution in [0, 0.1) is 6.92 Å². The molecule has 0 aliphatic heterocycles. The van der Waals surface area contributed by atoms with Gasteiger partial charge in [0.05, 0.1) is 10.5 Å². The molecule has 0 aliphatic rings. The SMILES string of the molecule is Cc1ccc(S(=O)(=O)n2cccc2CCC(C)(C)O)cc1. The lowest BCUT2D eigenvalue weighted by atomic mass is 10.0. The smallest absolute Gasteiger partial charge is 0.267 e. The van der Waals surface area contributed by atoms with E-state index in [1.54, 1.807) is 56.4 Å². The van der Waals surface area contributed by atoms with Crippen molar-refractivity contribution in [1.82, 2.24) is 3.97 Å². The van der Waals surface area contributed by atoms with E-state index in [0.29, 0.717) is 18.5 Å². The first-order chi connectivity index (χ1) is 9.70. The molecule has 0 saturated carbocycles. The van der Waals surface area contributed by atoms with Crippen LogP contribution in [-0.2, 0) is 16.4 Å². The van der Waals surface area contributed by atoms with Crippen LogP contribution >= 0.6 is 0 Å². The minimum atomic E-state index is -3.58. The highest BCUT2D eigenvalue weighted by Crippen LogP contribution is 2.20. The number of hydrogen-bond donors (Lipinski definition) is 1. The van der Waals surface area contributed by atoms with Gasteiger partial charge in [0.15, 0.2) is 0 Å². The van der Waals surface area contributed by atoms with Crippen LogP contribution < -0.4 is 0 Å². The number of aliphatic hydroxyl groups is 1. The van der Waals surface area contributed by atoms with Gasteiger partial charge in [-0.2, -0.15) is 0 Å². The Balaban J connectivity index is 2.33. The molecule has 0 spiro atoms. The maximum absolute atomic E-state index is 12.7. The number of nitrogens with zero attached hydrogens (tertiary/aromatic N) is 1. The van der Waals surface area contributed by atoms with E-state index in [2.05, 4.69) is 0 Å². The molecule has 0 bridgehead atoms. The summed E-state index contributed by atoms with van der Waals surface area (Å²) in [7, 11) is -3.58. The Morgan fingerprint density at radius 1 is 1.14 bits per heavy atom. The molecule has 0 atom stereocenters. The van der Waals surface area contributed by atoms with Crippen LogP contribution in [0.5, 0.6) is 0 Å². The summed E-state index contributed by atoms with van der Waals surface area (Å²) in [4.78, 5) is 0.272. The first kappa shape index (κ1) is 15.8. The van der Waals surface area contributed by atoms with E-state index in [0.717, 1.165) is 5.56 Å². The minimum Gasteiger partial charge on any atom is -0.390 e. The molecule has 1 heterocycles. The highest BCUT2D eigenvalue weighted by atomic mass is 32.2. The van der Waals surface area contributed by atoms with Gasteiger partial charge in [-0.15, -0.1) is 0 Å². The van der Waals surface area contributed by atoms with Crippen LogP contribution in [0.25, 0.3) is 0 Å². The largest absolute Gasteiger partial charge is 0.390 e. The van der Waals surface area contributed by atoms with Gasteiger partial charge in [-0.3, -0.25) is 0 Å². The molecular formula is C16H21NO3S. The fraction of sp³-hybridized carbons (Fsp3) is 0.375. The van der Waals surface area contributed by atoms with Gasteiger partial charge in [-0.05, 0) is 57.9 Å². The Kier molecular flexibility index (Phi) is 4.25. The standard InChI is InChI=1S/C16H21NO3S/c1-13-6-8-15(9-7-13)21(19,20)17-12-4-5-14(17)10-11-16(2,3)18/h4-9,12,18H,10-11H2,1-3H3. The molecule has 0 fully saturated rings. The molecule has 0 saturated heterocycles. The number of benzene rings is 1. The van der Waals surface area contributed by atoms with Crippen molar-refractivity contribution in [3.05, 3.63) is 53.9 Å². The number of hydrogen-bond acceptors (Lipinski definition) is 3. The summed E-state index contributed by atoms with van der Waals surface area (Å²) in [5, 5.41) is 9.80. The van der Waals surface area contributed by atoms with Crippen molar-refractivity contribution in [2.24, 2.45) is 0 Å². The van der Waals surface area contributed by atoms with Gasteiger partial charge in [0.1, 0.15) is 0 Å². The van der Waals surface area contributed by atoms with Gasteiger partial charge in [0.2, 0.25) is 0 Å². The molecular weight excluding hydrogens is 286 g/mol. The number of aryl methyl sites for hydroxylation is 2. The molecule has 5 heteroatoms. The Morgan fingerprint density at radius 3 is 2.33 bits per heavy atom. The summed E-state index contributed by atoms with van der Waals surface area (Å²) in [5.41, 5.74) is 0.879. The van der Waals surface area contributed by atoms with E-state index in [1.807, 2.05) is 6.92 Å². The highest BCUT2D eigenvalue weighted by Gasteiger charge is 2.20. The molecule has 2 rings (SSSR count). The lowest BCUT2D eigenvalue weighted by Crippen LogP contribution is -2.21. The predicted molar refractivity (Wildman–Crippen MR) is 82.8 cm³/mol. The van der Waals surface area contributed by atoms with Crippen LogP contribution in [0.3, 0.4) is 0 Å². The third-order valence-corrected chi connectivity index (χ3v) is 5.11. The Labute approximate surface area is 126 Å². The topological polar surface area (TPSA) is 59.3 Å². The summed E-state index contributed by atoms with van der Waals surface area (Å²) in [6.07, 6.45) is 2.55. The second kappa shape index (κ2) is 5.66. The Hall–Kier alpha value is -1.59. The van der Waals surface area contributed by atoms with Gasteiger partial charge in [0, 0.05) is 11.9 Å².